The van der Waals surface area contributed by atoms with Crippen LogP contribution in [0.4, 0.5) is 0 Å². The summed E-state index contributed by atoms with van der Waals surface area (Å²) in [4.78, 5) is 0. The topological polar surface area (TPSA) is 60.1 Å². The van der Waals surface area contributed by atoms with E-state index in [1.165, 1.54) is 33.4 Å². The zero-order valence-electron chi connectivity index (χ0n) is 16.6. The van der Waals surface area contributed by atoms with Crippen LogP contribution < -0.4 is 26.6 Å². The molecule has 5 nitrogen and oxygen atoms in total. The van der Waals surface area contributed by atoms with Gasteiger partial charge in [-0.05, 0) is 61.1 Å². The predicted molar refractivity (Wildman–Crippen MR) is 107 cm³/mol. The number of fused-ring (bicyclic) bond motifs is 16. The van der Waals surface area contributed by atoms with Gasteiger partial charge >= 0.3 is 0 Å². The summed E-state index contributed by atoms with van der Waals surface area (Å²) in [5.41, 5.74) is 8.72. The normalized spacial score (nSPS) is 19.2. The molecular weight excluding hydrogens is 310 g/mol. The molecule has 25 heavy (non-hydrogen) atoms. The van der Waals surface area contributed by atoms with E-state index in [1.807, 2.05) is 0 Å². The maximum atomic E-state index is 3.60. The average molecular weight is 348 g/mol. The fourth-order valence-corrected chi connectivity index (χ4v) is 3.51. The Labute approximate surface area is 153 Å². The summed E-state index contributed by atoms with van der Waals surface area (Å²) in [5, 5.41) is 17.6. The molecule has 1 aromatic carbocycles. The minimum absolute atomic E-state index is 0.955. The van der Waals surface area contributed by atoms with E-state index in [1.54, 1.807) is 0 Å². The molecule has 0 spiro atoms. The number of hydrogen-bond donors (Lipinski definition) is 5. The summed E-state index contributed by atoms with van der Waals surface area (Å²) >= 11 is 0. The zero-order valence-corrected chi connectivity index (χ0v) is 16.6. The van der Waals surface area contributed by atoms with E-state index in [9.17, 15) is 0 Å². The fraction of sp³-hybridized carbons (Fsp3) is 0.700. The molecule has 142 valence electrons. The molecule has 5 heteroatoms. The molecule has 0 fully saturated rings. The smallest absolute Gasteiger partial charge is 0.0211 e. The van der Waals surface area contributed by atoms with Crippen LogP contribution in [0.1, 0.15) is 33.4 Å². The van der Waals surface area contributed by atoms with Gasteiger partial charge in [0.05, 0.1) is 0 Å². The standard InChI is InChI=1S/C20H37N5/c1-15-16(2)20-14-25-12-10-23-8-6-21-5-7-22-9-11-24-13-19(15)17(3)18(20)4/h21-25H,5-14H2,1-4H3. The first-order chi connectivity index (χ1) is 12.1. The molecule has 0 saturated carbocycles. The second kappa shape index (κ2) is 10.9. The minimum Gasteiger partial charge on any atom is -0.314 e. The third-order valence-corrected chi connectivity index (χ3v) is 5.45. The molecule has 0 aliphatic carbocycles. The van der Waals surface area contributed by atoms with Crippen LogP contribution >= 0.6 is 0 Å². The van der Waals surface area contributed by atoms with Crippen LogP contribution in [0, 0.1) is 27.7 Å². The number of rotatable bonds is 0. The maximum Gasteiger partial charge on any atom is 0.0211 e. The molecule has 2 heterocycles. The predicted octanol–water partition coefficient (Wildman–Crippen LogP) is 0.882. The van der Waals surface area contributed by atoms with E-state index in [2.05, 4.69) is 54.3 Å². The van der Waals surface area contributed by atoms with Gasteiger partial charge in [0.25, 0.3) is 0 Å². The van der Waals surface area contributed by atoms with Crippen LogP contribution in [0.25, 0.3) is 0 Å². The van der Waals surface area contributed by atoms with Gasteiger partial charge in [-0.1, -0.05) is 0 Å². The van der Waals surface area contributed by atoms with Crippen molar-refractivity contribution in [3.05, 3.63) is 33.4 Å². The molecule has 0 aromatic heterocycles. The second-order valence-corrected chi connectivity index (χ2v) is 7.06. The summed E-state index contributed by atoms with van der Waals surface area (Å²) in [6.07, 6.45) is 0. The summed E-state index contributed by atoms with van der Waals surface area (Å²) < 4.78 is 0. The SMILES string of the molecule is Cc1c(C)c2c(C)c(C)c1CNCCNCCNCCNCCNC2. The molecule has 2 bridgehead atoms. The van der Waals surface area contributed by atoms with Crippen molar-refractivity contribution in [1.82, 2.24) is 26.6 Å². The van der Waals surface area contributed by atoms with Crippen molar-refractivity contribution in [2.45, 2.75) is 40.8 Å². The van der Waals surface area contributed by atoms with Gasteiger partial charge in [0.2, 0.25) is 0 Å². The molecule has 0 unspecified atom stereocenters. The van der Waals surface area contributed by atoms with Crippen molar-refractivity contribution < 1.29 is 0 Å². The lowest BCUT2D eigenvalue weighted by atomic mass is 9.88. The van der Waals surface area contributed by atoms with E-state index in [-0.39, 0.29) is 0 Å². The lowest BCUT2D eigenvalue weighted by Crippen LogP contribution is -2.36. The van der Waals surface area contributed by atoms with Crippen molar-refractivity contribution in [1.29, 1.82) is 0 Å². The molecule has 5 N–H and O–H groups in total. The Morgan fingerprint density at radius 1 is 0.400 bits per heavy atom. The lowest BCUT2D eigenvalue weighted by Gasteiger charge is -2.21. The number of benzene rings is 1. The molecule has 0 radical (unpaired) electrons. The van der Waals surface area contributed by atoms with Crippen LogP contribution in [0.15, 0.2) is 0 Å². The number of hydrogen-bond acceptors (Lipinski definition) is 5. The van der Waals surface area contributed by atoms with Crippen molar-refractivity contribution >= 4 is 0 Å². The lowest BCUT2D eigenvalue weighted by molar-refractivity contribution is 0.558. The Balaban J connectivity index is 2.08. The van der Waals surface area contributed by atoms with E-state index in [0.29, 0.717) is 0 Å². The van der Waals surface area contributed by atoms with Crippen LogP contribution in [-0.4, -0.2) is 52.4 Å². The third kappa shape index (κ3) is 6.04. The molecule has 2 aliphatic heterocycles. The van der Waals surface area contributed by atoms with Gasteiger partial charge in [-0.2, -0.15) is 0 Å². The maximum absolute atomic E-state index is 3.60. The highest BCUT2D eigenvalue weighted by Crippen LogP contribution is 2.26. The fourth-order valence-electron chi connectivity index (χ4n) is 3.51. The summed E-state index contributed by atoms with van der Waals surface area (Å²) in [7, 11) is 0. The van der Waals surface area contributed by atoms with Crippen LogP contribution in [0.3, 0.4) is 0 Å². The van der Waals surface area contributed by atoms with Gasteiger partial charge in [0.15, 0.2) is 0 Å². The van der Waals surface area contributed by atoms with Gasteiger partial charge in [-0.15, -0.1) is 0 Å². The Morgan fingerprint density at radius 2 is 0.640 bits per heavy atom. The van der Waals surface area contributed by atoms with Gasteiger partial charge in [0, 0.05) is 65.4 Å². The van der Waals surface area contributed by atoms with Crippen LogP contribution in [-0.2, 0) is 13.1 Å². The summed E-state index contributed by atoms with van der Waals surface area (Å²) in [5.74, 6) is 0. The largest absolute Gasteiger partial charge is 0.314 e. The van der Waals surface area contributed by atoms with E-state index in [0.717, 1.165) is 65.4 Å². The highest BCUT2D eigenvalue weighted by molar-refractivity contribution is 5.50. The molecular formula is C20H37N5. The third-order valence-electron chi connectivity index (χ3n) is 5.45. The van der Waals surface area contributed by atoms with Crippen molar-refractivity contribution in [2.75, 3.05) is 52.4 Å². The molecule has 2 aliphatic rings. The minimum atomic E-state index is 0.955. The quantitative estimate of drug-likeness (QED) is 0.451. The van der Waals surface area contributed by atoms with Gasteiger partial charge in [-0.3, -0.25) is 0 Å². The van der Waals surface area contributed by atoms with E-state index < -0.39 is 0 Å². The van der Waals surface area contributed by atoms with Crippen LogP contribution in [0.5, 0.6) is 0 Å². The molecule has 1 aromatic rings. The molecule has 0 atom stereocenters. The average Bonchev–Trinajstić information content (AvgIpc) is 2.61. The summed E-state index contributed by atoms with van der Waals surface area (Å²) in [6, 6.07) is 0. The first-order valence-electron chi connectivity index (χ1n) is 9.74. The zero-order chi connectivity index (χ0) is 18.1. The van der Waals surface area contributed by atoms with Crippen LogP contribution in [0.2, 0.25) is 0 Å². The van der Waals surface area contributed by atoms with Crippen molar-refractivity contribution in [3.63, 3.8) is 0 Å². The molecule has 0 saturated heterocycles. The Bertz CT molecular complexity index is 465. The van der Waals surface area contributed by atoms with Crippen molar-refractivity contribution in [2.24, 2.45) is 0 Å². The van der Waals surface area contributed by atoms with Gasteiger partial charge < -0.3 is 26.6 Å². The highest BCUT2D eigenvalue weighted by atomic mass is 15.0. The molecule has 3 rings (SSSR count). The molecule has 0 amide bonds. The Hall–Kier alpha value is -0.980. The van der Waals surface area contributed by atoms with Gasteiger partial charge in [0.1, 0.15) is 0 Å². The Kier molecular flexibility index (Phi) is 8.85. The monoisotopic (exact) mass is 347 g/mol. The first-order valence-corrected chi connectivity index (χ1v) is 9.74. The van der Waals surface area contributed by atoms with E-state index >= 15 is 0 Å². The first kappa shape index (κ1) is 20.3. The highest BCUT2D eigenvalue weighted by Gasteiger charge is 2.14. The van der Waals surface area contributed by atoms with E-state index in [4.69, 9.17) is 0 Å². The summed E-state index contributed by atoms with van der Waals surface area (Å²) in [6.45, 7) is 19.1. The van der Waals surface area contributed by atoms with Gasteiger partial charge in [-0.25, -0.2) is 0 Å². The number of nitrogens with one attached hydrogen (secondary N) is 5. The second-order valence-electron chi connectivity index (χ2n) is 7.06. The Morgan fingerprint density at radius 3 is 0.920 bits per heavy atom. The van der Waals surface area contributed by atoms with Crippen molar-refractivity contribution in [3.8, 4) is 0 Å².